The van der Waals surface area contributed by atoms with Gasteiger partial charge in [-0.1, -0.05) is 24.3 Å². The van der Waals surface area contributed by atoms with Gasteiger partial charge in [0.25, 0.3) is 5.91 Å². The van der Waals surface area contributed by atoms with Gasteiger partial charge in [0.1, 0.15) is 0 Å². The lowest BCUT2D eigenvalue weighted by atomic mass is 10.1. The van der Waals surface area contributed by atoms with Crippen LogP contribution in [0.2, 0.25) is 0 Å². The van der Waals surface area contributed by atoms with Gasteiger partial charge in [-0.25, -0.2) is 13.1 Å². The van der Waals surface area contributed by atoms with Crippen LogP contribution in [0.4, 0.5) is 0 Å². The molecule has 0 saturated heterocycles. The lowest BCUT2D eigenvalue weighted by Crippen LogP contribution is -2.24. The van der Waals surface area contributed by atoms with Crippen LogP contribution in [0.1, 0.15) is 33.2 Å². The molecule has 2 rings (SSSR count). The molecular weight excluding hydrogens is 340 g/mol. The van der Waals surface area contributed by atoms with Crippen molar-refractivity contribution in [2.75, 3.05) is 14.1 Å². The van der Waals surface area contributed by atoms with Crippen LogP contribution in [0.5, 0.6) is 0 Å². The highest BCUT2D eigenvalue weighted by Gasteiger charge is 2.14. The fourth-order valence-electron chi connectivity index (χ4n) is 2.15. The van der Waals surface area contributed by atoms with Crippen molar-refractivity contribution in [3.05, 3.63) is 65.2 Å². The van der Waals surface area contributed by atoms with E-state index in [-0.39, 0.29) is 23.1 Å². The Hall–Kier alpha value is -2.51. The van der Waals surface area contributed by atoms with Crippen molar-refractivity contribution in [1.29, 1.82) is 0 Å². The molecule has 7 heteroatoms. The molecule has 0 aliphatic rings. The third-order valence-electron chi connectivity index (χ3n) is 3.64. The first-order valence-electron chi connectivity index (χ1n) is 7.62. The molecule has 2 aromatic carbocycles. The van der Waals surface area contributed by atoms with Crippen LogP contribution in [-0.2, 0) is 16.6 Å². The van der Waals surface area contributed by atoms with E-state index in [4.69, 9.17) is 0 Å². The second-order valence-electron chi connectivity index (χ2n) is 5.80. The summed E-state index contributed by atoms with van der Waals surface area (Å²) >= 11 is 0. The van der Waals surface area contributed by atoms with Crippen molar-refractivity contribution in [1.82, 2.24) is 9.62 Å². The largest absolute Gasteiger partial charge is 0.345 e. The van der Waals surface area contributed by atoms with Gasteiger partial charge in [-0.3, -0.25) is 9.59 Å². The van der Waals surface area contributed by atoms with Gasteiger partial charge < -0.3 is 4.90 Å². The van der Waals surface area contributed by atoms with Crippen molar-refractivity contribution in [2.24, 2.45) is 0 Å². The summed E-state index contributed by atoms with van der Waals surface area (Å²) in [5.41, 5.74) is 1.73. The number of carbonyl (C=O) groups is 2. The molecule has 0 bridgehead atoms. The summed E-state index contributed by atoms with van der Waals surface area (Å²) in [7, 11) is -0.340. The smallest absolute Gasteiger partial charge is 0.253 e. The molecule has 0 aliphatic heterocycles. The zero-order chi connectivity index (χ0) is 18.6. The molecule has 0 spiro atoms. The van der Waals surface area contributed by atoms with Crippen molar-refractivity contribution in [2.45, 2.75) is 18.4 Å². The second kappa shape index (κ2) is 7.58. The van der Waals surface area contributed by atoms with E-state index in [2.05, 4.69) is 4.72 Å². The first-order chi connectivity index (χ1) is 11.7. The summed E-state index contributed by atoms with van der Waals surface area (Å²) in [6.45, 7) is 1.53. The highest BCUT2D eigenvalue weighted by Crippen LogP contribution is 2.12. The molecule has 0 saturated carbocycles. The number of sulfonamides is 1. The summed E-state index contributed by atoms with van der Waals surface area (Å²) < 4.78 is 27.1. The van der Waals surface area contributed by atoms with Crippen LogP contribution in [-0.4, -0.2) is 39.1 Å². The Kier molecular flexibility index (Phi) is 5.71. The molecule has 1 N–H and O–H groups in total. The molecule has 0 atom stereocenters. The maximum Gasteiger partial charge on any atom is 0.253 e. The fourth-order valence-corrected chi connectivity index (χ4v) is 3.17. The van der Waals surface area contributed by atoms with E-state index in [9.17, 15) is 18.0 Å². The Bertz CT molecular complexity index is 870. The van der Waals surface area contributed by atoms with E-state index in [1.165, 1.54) is 36.1 Å². The second-order valence-corrected chi connectivity index (χ2v) is 7.57. The number of Topliss-reactive ketones (excluding diaryl/α,β-unsaturated/α-hetero) is 1. The number of benzene rings is 2. The number of ketones is 1. The van der Waals surface area contributed by atoms with Gasteiger partial charge in [-0.05, 0) is 36.8 Å². The van der Waals surface area contributed by atoms with E-state index in [1.54, 1.807) is 38.4 Å². The van der Waals surface area contributed by atoms with Gasteiger partial charge in [-0.2, -0.15) is 0 Å². The molecule has 2 aromatic rings. The normalized spacial score (nSPS) is 11.2. The molecule has 132 valence electrons. The topological polar surface area (TPSA) is 83.5 Å². The number of nitrogens with zero attached hydrogens (tertiary/aromatic N) is 1. The van der Waals surface area contributed by atoms with Gasteiger partial charge >= 0.3 is 0 Å². The van der Waals surface area contributed by atoms with E-state index in [0.29, 0.717) is 11.1 Å². The van der Waals surface area contributed by atoms with Crippen LogP contribution in [0, 0.1) is 0 Å². The lowest BCUT2D eigenvalue weighted by Gasteiger charge is -2.11. The van der Waals surface area contributed by atoms with Gasteiger partial charge in [0.2, 0.25) is 10.0 Å². The number of hydrogen-bond donors (Lipinski definition) is 1. The molecule has 25 heavy (non-hydrogen) atoms. The average molecular weight is 360 g/mol. The van der Waals surface area contributed by atoms with Gasteiger partial charge in [0, 0.05) is 31.8 Å². The maximum absolute atomic E-state index is 12.3. The number of hydrogen-bond acceptors (Lipinski definition) is 4. The Morgan fingerprint density at radius 2 is 1.44 bits per heavy atom. The quantitative estimate of drug-likeness (QED) is 0.800. The number of carbonyl (C=O) groups excluding carboxylic acids is 2. The molecule has 0 aliphatic carbocycles. The van der Waals surface area contributed by atoms with Crippen molar-refractivity contribution < 1.29 is 18.0 Å². The first kappa shape index (κ1) is 18.8. The van der Waals surface area contributed by atoms with E-state index in [1.807, 2.05) is 0 Å². The highest BCUT2D eigenvalue weighted by molar-refractivity contribution is 7.89. The monoisotopic (exact) mass is 360 g/mol. The summed E-state index contributed by atoms with van der Waals surface area (Å²) in [4.78, 5) is 24.6. The lowest BCUT2D eigenvalue weighted by molar-refractivity contribution is 0.0827. The molecule has 6 nitrogen and oxygen atoms in total. The molecule has 1 amide bonds. The Morgan fingerprint density at radius 3 is 1.92 bits per heavy atom. The highest BCUT2D eigenvalue weighted by atomic mass is 32.2. The van der Waals surface area contributed by atoms with Gasteiger partial charge in [0.15, 0.2) is 5.78 Å². The van der Waals surface area contributed by atoms with Gasteiger partial charge in [0.05, 0.1) is 4.90 Å². The van der Waals surface area contributed by atoms with Crippen LogP contribution in [0.15, 0.2) is 53.4 Å². The third-order valence-corrected chi connectivity index (χ3v) is 5.06. The summed E-state index contributed by atoms with van der Waals surface area (Å²) in [5.74, 6) is -0.234. The van der Waals surface area contributed by atoms with Crippen molar-refractivity contribution in [3.63, 3.8) is 0 Å². The summed E-state index contributed by atoms with van der Waals surface area (Å²) in [6.07, 6.45) is 0. The van der Waals surface area contributed by atoms with Crippen LogP contribution in [0.25, 0.3) is 0 Å². The maximum atomic E-state index is 12.3. The third kappa shape index (κ3) is 4.74. The van der Waals surface area contributed by atoms with E-state index < -0.39 is 10.0 Å². The number of rotatable bonds is 6. The summed E-state index contributed by atoms with van der Waals surface area (Å²) in [5, 5.41) is 0. The SMILES string of the molecule is CC(=O)c1ccc(S(=O)(=O)NCc2ccc(C(=O)N(C)C)cc2)cc1. The average Bonchev–Trinajstić information content (AvgIpc) is 2.60. The minimum absolute atomic E-state index is 0.0944. The molecular formula is C18H20N2O4S. The fraction of sp³-hybridized carbons (Fsp3) is 0.222. The predicted molar refractivity (Wildman–Crippen MR) is 94.9 cm³/mol. The van der Waals surface area contributed by atoms with Crippen LogP contribution < -0.4 is 4.72 Å². The zero-order valence-electron chi connectivity index (χ0n) is 14.3. The molecule has 0 unspecified atom stereocenters. The minimum Gasteiger partial charge on any atom is -0.345 e. The van der Waals surface area contributed by atoms with Crippen molar-refractivity contribution in [3.8, 4) is 0 Å². The Labute approximate surface area is 147 Å². The molecule has 0 aromatic heterocycles. The van der Waals surface area contributed by atoms with Crippen molar-refractivity contribution >= 4 is 21.7 Å². The number of amides is 1. The van der Waals surface area contributed by atoms with E-state index in [0.717, 1.165) is 5.56 Å². The van der Waals surface area contributed by atoms with E-state index >= 15 is 0 Å². The first-order valence-corrected chi connectivity index (χ1v) is 9.10. The number of nitrogens with one attached hydrogen (secondary N) is 1. The van der Waals surface area contributed by atoms with Gasteiger partial charge in [-0.15, -0.1) is 0 Å². The Morgan fingerprint density at radius 1 is 0.920 bits per heavy atom. The Balaban J connectivity index is 2.06. The van der Waals surface area contributed by atoms with Crippen LogP contribution >= 0.6 is 0 Å². The predicted octanol–water partition coefficient (Wildman–Crippen LogP) is 2.07. The zero-order valence-corrected chi connectivity index (χ0v) is 15.1. The molecule has 0 heterocycles. The van der Waals surface area contributed by atoms with Crippen LogP contribution in [0.3, 0.4) is 0 Å². The standard InChI is InChI=1S/C18H20N2O4S/c1-13(21)15-8-10-17(11-9-15)25(23,24)19-12-14-4-6-16(7-5-14)18(22)20(2)3/h4-11,19H,12H2,1-3H3. The minimum atomic E-state index is -3.68. The molecule has 0 radical (unpaired) electrons. The molecule has 0 fully saturated rings. The summed E-state index contributed by atoms with van der Waals surface area (Å²) in [6, 6.07) is 12.5.